The van der Waals surface area contributed by atoms with E-state index in [2.05, 4.69) is 0 Å². The van der Waals surface area contributed by atoms with Crippen molar-refractivity contribution in [2.24, 2.45) is 0 Å². The highest BCUT2D eigenvalue weighted by atomic mass is 35.5. The minimum atomic E-state index is -5.09. The molecule has 0 fully saturated rings. The normalized spacial score (nSPS) is 14.0. The zero-order valence-electron chi connectivity index (χ0n) is 13.3. The van der Waals surface area contributed by atoms with Crippen molar-refractivity contribution in [3.63, 3.8) is 0 Å². The highest BCUT2D eigenvalue weighted by Crippen LogP contribution is 2.65. The van der Waals surface area contributed by atoms with Crippen molar-refractivity contribution in [1.82, 2.24) is 0 Å². The maximum absolute atomic E-state index is 14.7. The van der Waals surface area contributed by atoms with Crippen LogP contribution in [0.1, 0.15) is 16.7 Å². The molecule has 1 unspecified atom stereocenters. The Bertz CT molecular complexity index is 941. The second-order valence-corrected chi connectivity index (χ2v) is 7.89. The van der Waals surface area contributed by atoms with Crippen molar-refractivity contribution in [1.29, 1.82) is 0 Å². The van der Waals surface area contributed by atoms with Gasteiger partial charge in [0.2, 0.25) is 0 Å². The lowest BCUT2D eigenvalue weighted by atomic mass is 9.83. The summed E-state index contributed by atoms with van der Waals surface area (Å²) in [4.78, 5) is 20.8. The van der Waals surface area contributed by atoms with Crippen LogP contribution in [0.2, 0.25) is 5.02 Å². The lowest BCUT2D eigenvalue weighted by molar-refractivity contribution is 0.347. The van der Waals surface area contributed by atoms with Gasteiger partial charge in [-0.3, -0.25) is 4.57 Å². The number of hydrogen-bond acceptors (Lipinski definition) is 1. The predicted molar refractivity (Wildman–Crippen MR) is 96.2 cm³/mol. The van der Waals surface area contributed by atoms with Gasteiger partial charge in [0.25, 0.3) is 0 Å². The average Bonchev–Trinajstić information content (AvgIpc) is 2.59. The first-order chi connectivity index (χ1) is 12.3. The Morgan fingerprint density at radius 2 is 1.35 bits per heavy atom. The molecule has 0 heterocycles. The van der Waals surface area contributed by atoms with E-state index in [4.69, 9.17) is 11.6 Å². The summed E-state index contributed by atoms with van der Waals surface area (Å²) >= 11 is 6.26. The molecule has 7 heteroatoms. The molecule has 3 aromatic carbocycles. The first kappa shape index (κ1) is 18.7. The van der Waals surface area contributed by atoms with Crippen LogP contribution >= 0.6 is 19.2 Å². The van der Waals surface area contributed by atoms with Gasteiger partial charge in [-0.25, -0.2) is 8.78 Å². The molecule has 0 saturated heterocycles. The Hall–Kier alpha value is -2.04. The van der Waals surface area contributed by atoms with Crippen LogP contribution in [0.5, 0.6) is 0 Å². The predicted octanol–water partition coefficient (Wildman–Crippen LogP) is 5.09. The summed E-state index contributed by atoms with van der Waals surface area (Å²) in [6, 6.07) is 15.9. The van der Waals surface area contributed by atoms with Crippen molar-refractivity contribution < 1.29 is 23.1 Å². The van der Waals surface area contributed by atoms with Gasteiger partial charge >= 0.3 is 7.60 Å². The summed E-state index contributed by atoms with van der Waals surface area (Å²) in [6.45, 7) is 0. The Balaban J connectivity index is 2.52. The number of hydrogen-bond donors (Lipinski definition) is 2. The van der Waals surface area contributed by atoms with Crippen LogP contribution in [-0.2, 0) is 9.72 Å². The van der Waals surface area contributed by atoms with Gasteiger partial charge in [-0.2, -0.15) is 0 Å². The van der Waals surface area contributed by atoms with Crippen LogP contribution in [0, 0.1) is 11.6 Å². The Morgan fingerprint density at radius 3 is 1.88 bits per heavy atom. The van der Waals surface area contributed by atoms with E-state index >= 15 is 0 Å². The molecule has 3 aromatic rings. The van der Waals surface area contributed by atoms with Gasteiger partial charge in [0.15, 0.2) is 5.16 Å². The zero-order valence-corrected chi connectivity index (χ0v) is 15.0. The zero-order chi connectivity index (χ0) is 18.9. The third-order valence-electron chi connectivity index (χ3n) is 4.23. The topological polar surface area (TPSA) is 57.5 Å². The number of halogens is 3. The molecular formula is C19H14ClF2O3P. The van der Waals surface area contributed by atoms with Crippen molar-refractivity contribution in [2.45, 2.75) is 5.16 Å². The molecule has 0 aliphatic carbocycles. The summed E-state index contributed by atoms with van der Waals surface area (Å²) in [7, 11) is -5.09. The highest BCUT2D eigenvalue weighted by molar-refractivity contribution is 7.53. The van der Waals surface area contributed by atoms with Gasteiger partial charge in [0, 0.05) is 10.6 Å². The van der Waals surface area contributed by atoms with E-state index in [1.165, 1.54) is 42.5 Å². The lowest BCUT2D eigenvalue weighted by Crippen LogP contribution is -2.31. The summed E-state index contributed by atoms with van der Waals surface area (Å²) < 4.78 is 41.0. The van der Waals surface area contributed by atoms with Crippen molar-refractivity contribution in [3.05, 3.63) is 106 Å². The van der Waals surface area contributed by atoms with Crippen LogP contribution in [0.25, 0.3) is 0 Å². The Kier molecular flexibility index (Phi) is 5.00. The quantitative estimate of drug-likeness (QED) is 0.479. The Morgan fingerprint density at radius 1 is 0.808 bits per heavy atom. The lowest BCUT2D eigenvalue weighted by Gasteiger charge is -2.36. The van der Waals surface area contributed by atoms with Crippen LogP contribution in [-0.4, -0.2) is 9.79 Å². The molecule has 26 heavy (non-hydrogen) atoms. The molecule has 0 aliphatic heterocycles. The van der Waals surface area contributed by atoms with Gasteiger partial charge in [-0.05, 0) is 35.4 Å². The fraction of sp³-hybridized carbons (Fsp3) is 0.0526. The summed E-state index contributed by atoms with van der Waals surface area (Å²) in [5.74, 6) is -1.39. The summed E-state index contributed by atoms with van der Waals surface area (Å²) in [5, 5.41) is -2.16. The van der Waals surface area contributed by atoms with Crippen LogP contribution in [0.3, 0.4) is 0 Å². The van der Waals surface area contributed by atoms with E-state index in [1.807, 2.05) is 0 Å². The van der Waals surface area contributed by atoms with E-state index in [9.17, 15) is 23.1 Å². The first-order valence-electron chi connectivity index (χ1n) is 7.60. The maximum Gasteiger partial charge on any atom is 0.345 e. The molecule has 0 aliphatic rings. The average molecular weight is 395 g/mol. The molecule has 0 radical (unpaired) electrons. The van der Waals surface area contributed by atoms with E-state index in [-0.39, 0.29) is 21.7 Å². The van der Waals surface area contributed by atoms with E-state index in [0.29, 0.717) is 0 Å². The van der Waals surface area contributed by atoms with Crippen LogP contribution in [0.4, 0.5) is 8.78 Å². The van der Waals surface area contributed by atoms with Crippen LogP contribution < -0.4 is 0 Å². The third-order valence-corrected chi connectivity index (χ3v) is 6.17. The van der Waals surface area contributed by atoms with Gasteiger partial charge in [-0.15, -0.1) is 0 Å². The summed E-state index contributed by atoms with van der Waals surface area (Å²) in [5.41, 5.74) is -0.176. The molecule has 3 rings (SSSR count). The molecule has 0 aromatic heterocycles. The van der Waals surface area contributed by atoms with E-state index in [1.54, 1.807) is 12.1 Å². The van der Waals surface area contributed by atoms with Gasteiger partial charge in [0.1, 0.15) is 11.6 Å². The van der Waals surface area contributed by atoms with Gasteiger partial charge < -0.3 is 9.79 Å². The standard InChI is InChI=1S/C19H14ClF2O3P/c20-17-7-3-1-5-15(17)19(26(23,24)25,13-9-11-14(21)12-10-13)16-6-2-4-8-18(16)22/h1-12H,(H2,23,24,25). The van der Waals surface area contributed by atoms with Crippen LogP contribution in [0.15, 0.2) is 72.8 Å². The molecular weight excluding hydrogens is 381 g/mol. The van der Waals surface area contributed by atoms with Crippen molar-refractivity contribution >= 4 is 19.2 Å². The number of benzene rings is 3. The molecule has 0 amide bonds. The molecule has 1 atom stereocenters. The smallest absolute Gasteiger partial charge is 0.323 e. The Labute approximate surface area is 154 Å². The highest BCUT2D eigenvalue weighted by Gasteiger charge is 2.53. The fourth-order valence-electron chi connectivity index (χ4n) is 3.14. The molecule has 0 spiro atoms. The monoisotopic (exact) mass is 394 g/mol. The second kappa shape index (κ2) is 6.93. The molecule has 134 valence electrons. The second-order valence-electron chi connectivity index (χ2n) is 5.72. The number of rotatable bonds is 4. The van der Waals surface area contributed by atoms with E-state index < -0.39 is 24.4 Å². The third kappa shape index (κ3) is 2.97. The molecule has 2 N–H and O–H groups in total. The maximum atomic E-state index is 14.7. The fourth-order valence-corrected chi connectivity index (χ4v) is 4.97. The molecule has 0 saturated carbocycles. The van der Waals surface area contributed by atoms with Gasteiger partial charge in [0.05, 0.1) is 0 Å². The summed E-state index contributed by atoms with van der Waals surface area (Å²) in [6.07, 6.45) is 0. The SMILES string of the molecule is O=P(O)(O)C(c1ccc(F)cc1)(c1ccccc1F)c1ccccc1Cl. The minimum absolute atomic E-state index is 0.0328. The van der Waals surface area contributed by atoms with Crippen molar-refractivity contribution in [2.75, 3.05) is 0 Å². The van der Waals surface area contributed by atoms with E-state index in [0.717, 1.165) is 18.2 Å². The van der Waals surface area contributed by atoms with Gasteiger partial charge in [-0.1, -0.05) is 60.1 Å². The molecule has 0 bridgehead atoms. The largest absolute Gasteiger partial charge is 0.345 e. The molecule has 3 nitrogen and oxygen atoms in total. The van der Waals surface area contributed by atoms with Crippen molar-refractivity contribution in [3.8, 4) is 0 Å². The minimum Gasteiger partial charge on any atom is -0.323 e. The first-order valence-corrected chi connectivity index (χ1v) is 9.59.